The van der Waals surface area contributed by atoms with Crippen molar-refractivity contribution >= 4 is 11.9 Å². The van der Waals surface area contributed by atoms with Gasteiger partial charge in [-0.2, -0.15) is 0 Å². The Kier molecular flexibility index (Phi) is 4.34. The first-order valence-electron chi connectivity index (χ1n) is 7.88. The first-order valence-corrected chi connectivity index (χ1v) is 7.88. The maximum atomic E-state index is 13.5. The van der Waals surface area contributed by atoms with Gasteiger partial charge in [0, 0.05) is 6.54 Å². The van der Waals surface area contributed by atoms with Gasteiger partial charge in [0.1, 0.15) is 5.82 Å². The standard InChI is InChI=1S/C19H18FNO3/c20-16-4-1-3-15(11-16)19(9-2-10-19)18(24)21-12-13-5-7-14(8-6-13)17(22)23/h1,3-8,11H,2,9-10,12H2,(H,21,24)(H,22,23). The molecule has 4 nitrogen and oxygen atoms in total. The van der Waals surface area contributed by atoms with E-state index in [9.17, 15) is 14.0 Å². The minimum absolute atomic E-state index is 0.110. The fraction of sp³-hybridized carbons (Fsp3) is 0.263. The molecule has 1 aliphatic carbocycles. The second-order valence-corrected chi connectivity index (χ2v) is 6.13. The van der Waals surface area contributed by atoms with Crippen molar-refractivity contribution in [3.63, 3.8) is 0 Å². The van der Waals surface area contributed by atoms with Gasteiger partial charge in [0.05, 0.1) is 11.0 Å². The average Bonchev–Trinajstić information content (AvgIpc) is 2.52. The predicted octanol–water partition coefficient (Wildman–Crippen LogP) is 3.26. The Bertz CT molecular complexity index is 766. The van der Waals surface area contributed by atoms with Crippen molar-refractivity contribution in [3.05, 3.63) is 71.0 Å². The number of nitrogens with one attached hydrogen (secondary N) is 1. The van der Waals surface area contributed by atoms with E-state index in [4.69, 9.17) is 5.11 Å². The van der Waals surface area contributed by atoms with Crippen molar-refractivity contribution in [2.24, 2.45) is 0 Å². The molecule has 1 saturated carbocycles. The van der Waals surface area contributed by atoms with Gasteiger partial charge in [0.25, 0.3) is 0 Å². The Labute approximate surface area is 139 Å². The zero-order valence-electron chi connectivity index (χ0n) is 13.1. The lowest BCUT2D eigenvalue weighted by atomic mass is 9.64. The monoisotopic (exact) mass is 327 g/mol. The van der Waals surface area contributed by atoms with Crippen LogP contribution in [0.15, 0.2) is 48.5 Å². The third-order valence-electron chi connectivity index (χ3n) is 4.67. The predicted molar refractivity (Wildman–Crippen MR) is 87.2 cm³/mol. The average molecular weight is 327 g/mol. The first-order chi connectivity index (χ1) is 11.5. The summed E-state index contributed by atoms with van der Waals surface area (Å²) in [5.74, 6) is -1.43. The molecule has 0 heterocycles. The van der Waals surface area contributed by atoms with Crippen LogP contribution in [0.2, 0.25) is 0 Å². The van der Waals surface area contributed by atoms with Gasteiger partial charge in [-0.05, 0) is 48.2 Å². The lowest BCUT2D eigenvalue weighted by Crippen LogP contribution is -2.49. The van der Waals surface area contributed by atoms with E-state index in [1.165, 1.54) is 24.3 Å². The number of aromatic carboxylic acids is 1. The summed E-state index contributed by atoms with van der Waals surface area (Å²) in [7, 11) is 0. The number of amides is 1. The summed E-state index contributed by atoms with van der Waals surface area (Å²) >= 11 is 0. The minimum Gasteiger partial charge on any atom is -0.478 e. The van der Waals surface area contributed by atoms with Gasteiger partial charge in [-0.15, -0.1) is 0 Å². The highest BCUT2D eigenvalue weighted by Crippen LogP contribution is 2.44. The van der Waals surface area contributed by atoms with E-state index in [1.807, 2.05) is 0 Å². The molecule has 2 aromatic rings. The van der Waals surface area contributed by atoms with Crippen molar-refractivity contribution in [2.45, 2.75) is 31.2 Å². The molecule has 0 radical (unpaired) electrons. The van der Waals surface area contributed by atoms with Crippen LogP contribution < -0.4 is 5.32 Å². The van der Waals surface area contributed by atoms with E-state index < -0.39 is 11.4 Å². The molecular formula is C19H18FNO3. The molecule has 0 aliphatic heterocycles. The maximum absolute atomic E-state index is 13.5. The second-order valence-electron chi connectivity index (χ2n) is 6.13. The number of carboxylic acid groups (broad SMARTS) is 1. The summed E-state index contributed by atoms with van der Waals surface area (Å²) in [6.07, 6.45) is 2.36. The smallest absolute Gasteiger partial charge is 0.335 e. The highest BCUT2D eigenvalue weighted by molar-refractivity contribution is 5.89. The van der Waals surface area contributed by atoms with Crippen LogP contribution in [0.1, 0.15) is 40.7 Å². The SMILES string of the molecule is O=C(O)c1ccc(CNC(=O)C2(c3cccc(F)c3)CCC2)cc1. The number of rotatable bonds is 5. The molecule has 24 heavy (non-hydrogen) atoms. The third-order valence-corrected chi connectivity index (χ3v) is 4.67. The summed E-state index contributed by atoms with van der Waals surface area (Å²) in [6.45, 7) is 0.315. The van der Waals surface area contributed by atoms with E-state index in [-0.39, 0.29) is 17.3 Å². The molecule has 0 aromatic heterocycles. The molecule has 1 amide bonds. The van der Waals surface area contributed by atoms with Crippen LogP contribution in [-0.2, 0) is 16.8 Å². The van der Waals surface area contributed by atoms with Crippen molar-refractivity contribution in [3.8, 4) is 0 Å². The van der Waals surface area contributed by atoms with Gasteiger partial charge < -0.3 is 10.4 Å². The highest BCUT2D eigenvalue weighted by atomic mass is 19.1. The molecule has 0 spiro atoms. The molecule has 2 aromatic carbocycles. The van der Waals surface area contributed by atoms with Gasteiger partial charge in [-0.25, -0.2) is 9.18 Å². The molecule has 124 valence electrons. The fourth-order valence-corrected chi connectivity index (χ4v) is 3.08. The van der Waals surface area contributed by atoms with Crippen LogP contribution in [-0.4, -0.2) is 17.0 Å². The highest BCUT2D eigenvalue weighted by Gasteiger charge is 2.45. The summed E-state index contributed by atoms with van der Waals surface area (Å²) in [6, 6.07) is 12.6. The molecule has 2 N–H and O–H groups in total. The van der Waals surface area contributed by atoms with Crippen molar-refractivity contribution in [1.29, 1.82) is 0 Å². The van der Waals surface area contributed by atoms with Crippen molar-refractivity contribution in [1.82, 2.24) is 5.32 Å². The number of carbonyl (C=O) groups excluding carboxylic acids is 1. The fourth-order valence-electron chi connectivity index (χ4n) is 3.08. The number of carboxylic acids is 1. The Morgan fingerprint density at radius 3 is 2.38 bits per heavy atom. The van der Waals surface area contributed by atoms with Gasteiger partial charge in [-0.1, -0.05) is 30.7 Å². The zero-order chi connectivity index (χ0) is 17.2. The second kappa shape index (κ2) is 6.43. The van der Waals surface area contributed by atoms with E-state index in [2.05, 4.69) is 5.32 Å². The molecule has 1 fully saturated rings. The van der Waals surface area contributed by atoms with Gasteiger partial charge in [0.15, 0.2) is 0 Å². The Morgan fingerprint density at radius 2 is 1.83 bits per heavy atom. The number of hydrogen-bond donors (Lipinski definition) is 2. The minimum atomic E-state index is -0.981. The summed E-state index contributed by atoms with van der Waals surface area (Å²) in [5, 5.41) is 11.8. The van der Waals surface area contributed by atoms with E-state index in [1.54, 1.807) is 24.3 Å². The van der Waals surface area contributed by atoms with Crippen molar-refractivity contribution in [2.75, 3.05) is 0 Å². The molecule has 3 rings (SSSR count). The lowest BCUT2D eigenvalue weighted by Gasteiger charge is -2.40. The van der Waals surface area contributed by atoms with Gasteiger partial charge >= 0.3 is 5.97 Å². The zero-order valence-corrected chi connectivity index (χ0v) is 13.1. The van der Waals surface area contributed by atoms with Gasteiger partial charge in [-0.3, -0.25) is 4.79 Å². The Hall–Kier alpha value is -2.69. The molecule has 1 aliphatic rings. The van der Waals surface area contributed by atoms with Crippen LogP contribution in [0.25, 0.3) is 0 Å². The third kappa shape index (κ3) is 3.02. The van der Waals surface area contributed by atoms with Crippen LogP contribution in [0.3, 0.4) is 0 Å². The summed E-state index contributed by atoms with van der Waals surface area (Å²) < 4.78 is 13.5. The molecule has 0 atom stereocenters. The number of benzene rings is 2. The lowest BCUT2D eigenvalue weighted by molar-refractivity contribution is -0.130. The Morgan fingerprint density at radius 1 is 1.12 bits per heavy atom. The van der Waals surface area contributed by atoms with Gasteiger partial charge in [0.2, 0.25) is 5.91 Å². The maximum Gasteiger partial charge on any atom is 0.335 e. The molecule has 0 bridgehead atoms. The normalized spacial score (nSPS) is 15.4. The van der Waals surface area contributed by atoms with Crippen molar-refractivity contribution < 1.29 is 19.1 Å². The van der Waals surface area contributed by atoms with Crippen LogP contribution in [0.5, 0.6) is 0 Å². The molecule has 5 heteroatoms. The Balaban J connectivity index is 1.70. The van der Waals surface area contributed by atoms with E-state index in [0.717, 1.165) is 12.0 Å². The van der Waals surface area contributed by atoms with Crippen LogP contribution >= 0.6 is 0 Å². The summed E-state index contributed by atoms with van der Waals surface area (Å²) in [4.78, 5) is 23.5. The topological polar surface area (TPSA) is 66.4 Å². The van der Waals surface area contributed by atoms with E-state index >= 15 is 0 Å². The molecular weight excluding hydrogens is 309 g/mol. The van der Waals surface area contributed by atoms with Crippen LogP contribution in [0.4, 0.5) is 4.39 Å². The first kappa shape index (κ1) is 16.2. The molecule has 0 saturated heterocycles. The number of halogens is 1. The molecule has 0 unspecified atom stereocenters. The van der Waals surface area contributed by atoms with Crippen LogP contribution in [0, 0.1) is 5.82 Å². The number of carbonyl (C=O) groups is 2. The quantitative estimate of drug-likeness (QED) is 0.886. The summed E-state index contributed by atoms with van der Waals surface area (Å²) in [5.41, 5.74) is 1.10. The number of hydrogen-bond acceptors (Lipinski definition) is 2. The van der Waals surface area contributed by atoms with E-state index in [0.29, 0.717) is 24.9 Å². The largest absolute Gasteiger partial charge is 0.478 e.